The van der Waals surface area contributed by atoms with Crippen LogP contribution in [0.1, 0.15) is 122 Å². The number of carbonyl (C=O) groups is 13. The van der Waals surface area contributed by atoms with Gasteiger partial charge < -0.3 is 76.1 Å². The number of carboxylic acid groups (broad SMARTS) is 1. The normalized spacial score (nSPS) is 12.3. The molecule has 2 aromatic rings. The highest BCUT2D eigenvalue weighted by Gasteiger charge is 2.31. The van der Waals surface area contributed by atoms with Gasteiger partial charge in [-0.2, -0.15) is 0 Å². The van der Waals surface area contributed by atoms with Gasteiger partial charge in [0, 0.05) is 97.4 Å². The van der Waals surface area contributed by atoms with E-state index in [0.29, 0.717) is 65.6 Å². The van der Waals surface area contributed by atoms with Gasteiger partial charge in [0.25, 0.3) is 0 Å². The van der Waals surface area contributed by atoms with Gasteiger partial charge in [0.1, 0.15) is 19.3 Å². The number of amides is 8. The van der Waals surface area contributed by atoms with Gasteiger partial charge in [0.15, 0.2) is 23.1 Å². The molecule has 0 fully saturated rings. The number of unbranched alkanes of at least 4 members (excludes halogenated alkanes) is 1. The van der Waals surface area contributed by atoms with E-state index in [1.54, 1.807) is 74.9 Å². The van der Waals surface area contributed by atoms with Crippen LogP contribution in [-0.2, 0) is 94.2 Å². The summed E-state index contributed by atoms with van der Waals surface area (Å²) in [6.45, 7) is 14.6. The number of alkyl carbamates (subject to hydrolysis) is 2. The zero-order valence-corrected chi connectivity index (χ0v) is 57.5. The zero-order chi connectivity index (χ0) is 72.9. The van der Waals surface area contributed by atoms with Crippen molar-refractivity contribution < 1.29 is 106 Å². The molecule has 0 aliphatic rings. The van der Waals surface area contributed by atoms with Crippen LogP contribution in [0.25, 0.3) is 0 Å². The number of Topliss-reactive ketones (excluding diaryl/α,β-unsaturated/α-hetero) is 4. The molecule has 0 spiro atoms. The van der Waals surface area contributed by atoms with Gasteiger partial charge in [0.2, 0.25) is 23.6 Å². The number of rotatable bonds is 52. The quantitative estimate of drug-likeness (QED) is 0.0183. The second-order valence-electron chi connectivity index (χ2n) is 23.4. The van der Waals surface area contributed by atoms with Crippen LogP contribution >= 0.6 is 0 Å². The van der Waals surface area contributed by atoms with Gasteiger partial charge in [-0.1, -0.05) is 88.4 Å². The Kier molecular flexibility index (Phi) is 48.2. The van der Waals surface area contributed by atoms with Crippen LogP contribution in [0.4, 0.5) is 19.2 Å². The van der Waals surface area contributed by atoms with Gasteiger partial charge in [-0.3, -0.25) is 38.4 Å². The summed E-state index contributed by atoms with van der Waals surface area (Å²) < 4.78 is 30.6. The minimum absolute atomic E-state index is 0.00665. The van der Waals surface area contributed by atoms with Gasteiger partial charge in [-0.25, -0.2) is 33.7 Å². The number of methoxy groups -OCH3 is 2. The van der Waals surface area contributed by atoms with E-state index < -0.39 is 110 Å². The number of ether oxygens (including phenoxy) is 6. The molecule has 0 aliphatic heterocycles. The number of hydrogen-bond donors (Lipinski definition) is 9. The highest BCUT2D eigenvalue weighted by atomic mass is 17.2. The minimum Gasteiger partial charge on any atom is -0.480 e. The number of aliphatic carboxylic acids is 1. The molecule has 8 amide bonds. The van der Waals surface area contributed by atoms with E-state index in [9.17, 15) is 67.4 Å². The molecule has 0 radical (unpaired) electrons. The molecule has 0 heterocycles. The first-order chi connectivity index (χ1) is 47.0. The van der Waals surface area contributed by atoms with Gasteiger partial charge in [-0.05, 0) is 80.8 Å². The van der Waals surface area contributed by atoms with Crippen LogP contribution in [0.3, 0.4) is 0 Å². The Morgan fingerprint density at radius 1 is 0.439 bits per heavy atom. The first kappa shape index (κ1) is 87.1. The molecule has 5 unspecified atom stereocenters. The Morgan fingerprint density at radius 3 is 1.27 bits per heavy atom. The molecule has 98 heavy (non-hydrogen) atoms. The highest BCUT2D eigenvalue weighted by molar-refractivity contribution is 5.95. The monoisotopic (exact) mass is 1380 g/mol. The summed E-state index contributed by atoms with van der Waals surface area (Å²) in [6, 6.07) is 14.5. The lowest BCUT2D eigenvalue weighted by Crippen LogP contribution is -2.46. The van der Waals surface area contributed by atoms with Crippen molar-refractivity contribution in [1.82, 2.24) is 42.5 Å². The average Bonchev–Trinajstić information content (AvgIpc) is 1.09. The van der Waals surface area contributed by atoms with E-state index >= 15 is 0 Å². The maximum atomic E-state index is 13.8. The molecule has 0 bridgehead atoms. The number of carboxylic acids is 1. The third kappa shape index (κ3) is 44.1. The van der Waals surface area contributed by atoms with Crippen molar-refractivity contribution in [1.29, 1.82) is 0 Å². The summed E-state index contributed by atoms with van der Waals surface area (Å²) in [7, 11) is 3.13. The second-order valence-corrected chi connectivity index (χ2v) is 23.4. The van der Waals surface area contributed by atoms with Crippen molar-refractivity contribution in [2.45, 2.75) is 142 Å². The predicted octanol–water partition coefficient (Wildman–Crippen LogP) is 4.97. The van der Waals surface area contributed by atoms with Crippen LogP contribution in [-0.4, -0.2) is 200 Å². The van der Waals surface area contributed by atoms with Crippen molar-refractivity contribution in [2.24, 2.45) is 23.7 Å². The molecule has 2 aromatic carbocycles. The Morgan fingerprint density at radius 2 is 0.847 bits per heavy atom. The van der Waals surface area contributed by atoms with E-state index in [-0.39, 0.29) is 125 Å². The lowest BCUT2D eigenvalue weighted by molar-refractivity contribution is -0.178. The van der Waals surface area contributed by atoms with E-state index in [1.165, 1.54) is 0 Å². The summed E-state index contributed by atoms with van der Waals surface area (Å²) in [5.74, 6) is -6.95. The zero-order valence-electron chi connectivity index (χ0n) is 57.5. The van der Waals surface area contributed by atoms with Gasteiger partial charge >= 0.3 is 30.3 Å². The van der Waals surface area contributed by atoms with Crippen molar-refractivity contribution >= 4 is 77.1 Å². The highest BCUT2D eigenvalue weighted by Crippen LogP contribution is 2.19. The smallest absolute Gasteiger partial charge is 0.450 e. The molecule has 5 atom stereocenters. The first-order valence-electron chi connectivity index (χ1n) is 32.9. The fraction of sp³-hybridized carbons (Fsp3) is 0.603. The van der Waals surface area contributed by atoms with Crippen LogP contribution < -0.4 is 42.5 Å². The maximum Gasteiger partial charge on any atom is 0.450 e. The average molecular weight is 1390 g/mol. The van der Waals surface area contributed by atoms with Crippen LogP contribution in [0, 0.1) is 23.7 Å². The third-order valence-electron chi connectivity index (χ3n) is 14.2. The maximum absolute atomic E-state index is 13.8. The van der Waals surface area contributed by atoms with E-state index in [1.807, 2.05) is 27.7 Å². The van der Waals surface area contributed by atoms with Crippen molar-refractivity contribution in [2.75, 3.05) is 99.8 Å². The van der Waals surface area contributed by atoms with E-state index in [4.69, 9.17) is 28.4 Å². The number of hydrogen-bond acceptors (Lipinski definition) is 21. The Bertz CT molecular complexity index is 2720. The molecule has 2 rings (SSSR count). The number of nitrogens with one attached hydrogen (secondary N) is 8. The van der Waals surface area contributed by atoms with E-state index in [2.05, 4.69) is 65.5 Å². The Hall–Kier alpha value is -8.87. The molecule has 0 saturated heterocycles. The van der Waals surface area contributed by atoms with Crippen molar-refractivity contribution in [3.05, 3.63) is 84.9 Å². The largest absolute Gasteiger partial charge is 0.480 e. The van der Waals surface area contributed by atoms with Crippen molar-refractivity contribution in [3.8, 4) is 0 Å². The molecule has 0 aliphatic carbocycles. The lowest BCUT2D eigenvalue weighted by atomic mass is 9.91. The van der Waals surface area contributed by atoms with Gasteiger partial charge in [-0.15, -0.1) is 13.2 Å². The van der Waals surface area contributed by atoms with E-state index in [0.717, 1.165) is 11.1 Å². The Balaban J connectivity index is 0.0000238. The second kappa shape index (κ2) is 54.2. The molecule has 0 aromatic heterocycles. The molecular formula is C68H104N8O22. The summed E-state index contributed by atoms with van der Waals surface area (Å²) in [5, 5.41) is 29.7. The summed E-state index contributed by atoms with van der Waals surface area (Å²) in [5.41, 5.74) is 1.47. The van der Waals surface area contributed by atoms with Crippen LogP contribution in [0.5, 0.6) is 0 Å². The molecule has 30 nitrogen and oxygen atoms in total. The van der Waals surface area contributed by atoms with Crippen LogP contribution in [0.2, 0.25) is 0 Å². The fourth-order valence-corrected chi connectivity index (χ4v) is 9.26. The standard InChI is InChI=1S/C66H100N8O22.C2H4/c1-45(2)37-54(56(77)22-24-58(79)67-27-15-29-91-33-31-89-5)72-60(81)49(39-47-17-9-7-10-18-47)41-51(75)43-70-63(85)93-35-36-94-66(88)74-53(62(83)84)21-13-14-26-69-64(86)95-96-65(87)71-44-52(76)42-50(40-48-19-11-8-12-20-48)61(82)73-55(38-46(3)4)57(78)23-25-59(80)68-28-16-30-92-34-32-90-6;1-2/h7-12,17-20,45-46,49-50,53-55H,13-16,21-44H2,1-6H3,(H,67,79)(H,68,80)(H,69,86)(H,70,85)(H,71,87)(H,72,81)(H,73,82)(H,74,88)(H,83,84);1-2H2. The summed E-state index contributed by atoms with van der Waals surface area (Å²) in [4.78, 5) is 176. The summed E-state index contributed by atoms with van der Waals surface area (Å²) >= 11 is 0. The SMILES string of the molecule is C=C.COCCOCCCNC(=O)CCC(=O)C(CC(C)C)NC(=O)C(CC(=O)CNC(=O)OCCOC(=O)NC(CCCCNC(=O)OOC(=O)NCC(=O)CC(Cc1ccccc1)C(=O)NC(CC(C)C)C(=O)CCC(=O)NCCCOCCOC)C(=O)O)Cc1ccccc1. The Labute approximate surface area is 573 Å². The third-order valence-corrected chi connectivity index (χ3v) is 14.2. The molecule has 548 valence electrons. The first-order valence-corrected chi connectivity index (χ1v) is 32.9. The van der Waals surface area contributed by atoms with Gasteiger partial charge in [0.05, 0.1) is 51.6 Å². The lowest BCUT2D eigenvalue weighted by Gasteiger charge is -2.23. The van der Waals surface area contributed by atoms with Crippen LogP contribution in [0.15, 0.2) is 73.8 Å². The topological polar surface area (TPSA) is 412 Å². The van der Waals surface area contributed by atoms with Crippen molar-refractivity contribution in [3.63, 3.8) is 0 Å². The molecule has 30 heteroatoms. The minimum atomic E-state index is -1.44. The molecule has 0 saturated carbocycles. The number of carbonyl (C=O) groups excluding carboxylic acids is 12. The fourth-order valence-electron chi connectivity index (χ4n) is 9.26. The predicted molar refractivity (Wildman–Crippen MR) is 358 cm³/mol. The molecule has 9 N–H and O–H groups in total. The number of ketones is 4. The number of benzene rings is 2. The molecular weight excluding hydrogens is 1280 g/mol. The summed E-state index contributed by atoms with van der Waals surface area (Å²) in [6.07, 6.45) is -3.70.